The summed E-state index contributed by atoms with van der Waals surface area (Å²) in [6.07, 6.45) is 2.64. The molecule has 2 aromatic rings. The highest BCUT2D eigenvalue weighted by molar-refractivity contribution is 5.90. The van der Waals surface area contributed by atoms with E-state index in [9.17, 15) is 9.90 Å². The van der Waals surface area contributed by atoms with Gasteiger partial charge in [-0.3, -0.25) is 0 Å². The summed E-state index contributed by atoms with van der Waals surface area (Å²) in [6.45, 7) is 6.78. The highest BCUT2D eigenvalue weighted by atomic mass is 16.5. The quantitative estimate of drug-likeness (QED) is 0.839. The van der Waals surface area contributed by atoms with Crippen molar-refractivity contribution < 1.29 is 14.6 Å². The molecule has 25 heavy (non-hydrogen) atoms. The Morgan fingerprint density at radius 1 is 1.36 bits per heavy atom. The van der Waals surface area contributed by atoms with E-state index in [1.165, 1.54) is 0 Å². The monoisotopic (exact) mass is 342 g/mol. The molecule has 1 unspecified atom stereocenters. The lowest BCUT2D eigenvalue weighted by atomic mass is 10.0. The Labute approximate surface area is 146 Å². The van der Waals surface area contributed by atoms with Crippen molar-refractivity contribution in [3.05, 3.63) is 47.4 Å². The Balaban J connectivity index is 1.83. The molecule has 3 rings (SSSR count). The third kappa shape index (κ3) is 3.81. The maximum atomic E-state index is 11.4. The number of hydrogen-bond acceptors (Lipinski definition) is 5. The van der Waals surface area contributed by atoms with Gasteiger partial charge in [0.15, 0.2) is 0 Å². The van der Waals surface area contributed by atoms with Crippen LogP contribution in [0.25, 0.3) is 0 Å². The molecule has 0 amide bonds. The molecule has 2 heterocycles. The molecule has 0 saturated carbocycles. The molecule has 1 atom stereocenters. The molecule has 7 nitrogen and oxygen atoms in total. The first-order chi connectivity index (χ1) is 11.9. The Hall–Kier alpha value is -2.83. The Kier molecular flexibility index (Phi) is 4.74. The van der Waals surface area contributed by atoms with Crippen LogP contribution in [0.3, 0.4) is 0 Å². The van der Waals surface area contributed by atoms with Crippen molar-refractivity contribution in [1.82, 2.24) is 14.8 Å². The second-order valence-electron chi connectivity index (χ2n) is 6.48. The van der Waals surface area contributed by atoms with Crippen LogP contribution in [0.2, 0.25) is 0 Å². The summed E-state index contributed by atoms with van der Waals surface area (Å²) in [6, 6.07) is 7.33. The van der Waals surface area contributed by atoms with Crippen LogP contribution in [0.1, 0.15) is 37.7 Å². The smallest absolute Gasteiger partial charge is 0.352 e. The number of rotatable bonds is 6. The van der Waals surface area contributed by atoms with Gasteiger partial charge in [0.05, 0.1) is 6.61 Å². The van der Waals surface area contributed by atoms with Crippen LogP contribution in [-0.2, 0) is 4.79 Å². The second-order valence-corrected chi connectivity index (χ2v) is 6.48. The third-order valence-corrected chi connectivity index (χ3v) is 3.99. The normalized spacial score (nSPS) is 16.2. The van der Waals surface area contributed by atoms with E-state index >= 15 is 0 Å². The number of aryl methyl sites for hydroxylation is 1. The zero-order chi connectivity index (χ0) is 18.0. The number of carbonyl (C=O) groups is 1. The zero-order valence-corrected chi connectivity index (χ0v) is 14.6. The van der Waals surface area contributed by atoms with Crippen molar-refractivity contribution in [2.75, 3.05) is 11.9 Å². The fourth-order valence-electron chi connectivity index (χ4n) is 2.64. The van der Waals surface area contributed by atoms with Crippen molar-refractivity contribution in [1.29, 1.82) is 0 Å². The van der Waals surface area contributed by atoms with Gasteiger partial charge in [0.25, 0.3) is 0 Å². The minimum absolute atomic E-state index is 0.0992. The first-order valence-corrected chi connectivity index (χ1v) is 8.32. The van der Waals surface area contributed by atoms with Gasteiger partial charge < -0.3 is 15.2 Å². The standard InChI is InChI=1S/C18H22N4O3/c1-11(2)8-9-25-14-6-4-13(5-7-14)16-10-15(17(23)24)20-18-19-12(3)21-22(16)18/h4-7,10-11,16H,8-9H2,1-3H3,(H,23,24)(H,19,20,21). The lowest BCUT2D eigenvalue weighted by molar-refractivity contribution is -0.132. The van der Waals surface area contributed by atoms with E-state index in [0.717, 1.165) is 17.7 Å². The van der Waals surface area contributed by atoms with Crippen LogP contribution in [0.5, 0.6) is 5.75 Å². The van der Waals surface area contributed by atoms with E-state index in [0.29, 0.717) is 24.3 Å². The van der Waals surface area contributed by atoms with E-state index in [-0.39, 0.29) is 11.7 Å². The number of allylic oxidation sites excluding steroid dienone is 1. The molecule has 0 saturated heterocycles. The Bertz CT molecular complexity index is 793. The van der Waals surface area contributed by atoms with Gasteiger partial charge in [0.1, 0.15) is 23.3 Å². The molecular formula is C18H22N4O3. The maximum absolute atomic E-state index is 11.4. The maximum Gasteiger partial charge on any atom is 0.352 e. The number of anilines is 1. The Morgan fingerprint density at radius 2 is 2.08 bits per heavy atom. The summed E-state index contributed by atoms with van der Waals surface area (Å²) in [5.74, 6) is 1.39. The molecule has 1 aliphatic rings. The third-order valence-electron chi connectivity index (χ3n) is 3.99. The van der Waals surface area contributed by atoms with Crippen LogP contribution in [0.15, 0.2) is 36.0 Å². The predicted molar refractivity (Wildman–Crippen MR) is 93.6 cm³/mol. The minimum Gasteiger partial charge on any atom is -0.494 e. The fourth-order valence-corrected chi connectivity index (χ4v) is 2.64. The fraction of sp³-hybridized carbons (Fsp3) is 0.389. The van der Waals surface area contributed by atoms with E-state index in [1.54, 1.807) is 17.7 Å². The number of fused-ring (bicyclic) bond motifs is 1. The van der Waals surface area contributed by atoms with Crippen LogP contribution in [0, 0.1) is 12.8 Å². The molecule has 2 N–H and O–H groups in total. The predicted octanol–water partition coefficient (Wildman–Crippen LogP) is 2.99. The second kappa shape index (κ2) is 6.96. The van der Waals surface area contributed by atoms with E-state index in [4.69, 9.17) is 4.74 Å². The molecule has 1 aromatic heterocycles. The molecule has 132 valence electrons. The van der Waals surface area contributed by atoms with E-state index in [1.807, 2.05) is 24.3 Å². The van der Waals surface area contributed by atoms with Gasteiger partial charge >= 0.3 is 5.97 Å². The van der Waals surface area contributed by atoms with Gasteiger partial charge in [-0.2, -0.15) is 10.1 Å². The summed E-state index contributed by atoms with van der Waals surface area (Å²) >= 11 is 0. The largest absolute Gasteiger partial charge is 0.494 e. The summed E-state index contributed by atoms with van der Waals surface area (Å²) < 4.78 is 7.43. The molecule has 1 aliphatic heterocycles. The number of nitrogens with zero attached hydrogens (tertiary/aromatic N) is 3. The molecule has 0 aliphatic carbocycles. The molecule has 7 heteroatoms. The van der Waals surface area contributed by atoms with Crippen molar-refractivity contribution in [3.63, 3.8) is 0 Å². The van der Waals surface area contributed by atoms with Gasteiger partial charge in [0.2, 0.25) is 5.95 Å². The highest BCUT2D eigenvalue weighted by Crippen LogP contribution is 2.29. The topological polar surface area (TPSA) is 89.3 Å². The first-order valence-electron chi connectivity index (χ1n) is 8.32. The van der Waals surface area contributed by atoms with Gasteiger partial charge in [-0.1, -0.05) is 26.0 Å². The molecule has 0 bridgehead atoms. The number of aromatic nitrogens is 3. The highest BCUT2D eigenvalue weighted by Gasteiger charge is 2.26. The molecule has 0 fully saturated rings. The molecule has 1 aromatic carbocycles. The zero-order valence-electron chi connectivity index (χ0n) is 14.6. The van der Waals surface area contributed by atoms with E-state index < -0.39 is 5.97 Å². The summed E-state index contributed by atoms with van der Waals surface area (Å²) in [5.41, 5.74) is 1.02. The summed E-state index contributed by atoms with van der Waals surface area (Å²) in [7, 11) is 0. The first kappa shape index (κ1) is 17.0. The minimum atomic E-state index is -1.02. The lowest BCUT2D eigenvalue weighted by Crippen LogP contribution is -2.24. The van der Waals surface area contributed by atoms with Gasteiger partial charge in [-0.15, -0.1) is 0 Å². The lowest BCUT2D eigenvalue weighted by Gasteiger charge is -2.22. The van der Waals surface area contributed by atoms with Gasteiger partial charge in [-0.05, 0) is 43.0 Å². The van der Waals surface area contributed by atoms with Crippen molar-refractivity contribution in [2.45, 2.75) is 33.2 Å². The number of nitrogens with one attached hydrogen (secondary N) is 1. The number of hydrogen-bond donors (Lipinski definition) is 2. The Morgan fingerprint density at radius 3 is 2.72 bits per heavy atom. The van der Waals surface area contributed by atoms with Crippen LogP contribution < -0.4 is 10.1 Å². The number of carboxylic acid groups (broad SMARTS) is 1. The van der Waals surface area contributed by atoms with Crippen LogP contribution >= 0.6 is 0 Å². The summed E-state index contributed by atoms with van der Waals surface area (Å²) in [4.78, 5) is 15.6. The van der Waals surface area contributed by atoms with Crippen molar-refractivity contribution in [2.24, 2.45) is 5.92 Å². The molecular weight excluding hydrogens is 320 g/mol. The van der Waals surface area contributed by atoms with Gasteiger partial charge in [0, 0.05) is 0 Å². The molecule has 0 spiro atoms. The number of aliphatic carboxylic acids is 1. The van der Waals surface area contributed by atoms with Crippen LogP contribution in [0.4, 0.5) is 5.95 Å². The number of ether oxygens (including phenoxy) is 1. The van der Waals surface area contributed by atoms with Gasteiger partial charge in [-0.25, -0.2) is 9.48 Å². The average Bonchev–Trinajstić information content (AvgIpc) is 2.94. The molecule has 0 radical (unpaired) electrons. The van der Waals surface area contributed by atoms with Crippen molar-refractivity contribution in [3.8, 4) is 5.75 Å². The average molecular weight is 342 g/mol. The van der Waals surface area contributed by atoms with Crippen molar-refractivity contribution >= 4 is 11.9 Å². The summed E-state index contributed by atoms with van der Waals surface area (Å²) in [5, 5.41) is 16.5. The number of carboxylic acids is 1. The van der Waals surface area contributed by atoms with Crippen LogP contribution in [-0.4, -0.2) is 32.4 Å². The SMILES string of the molecule is Cc1nc2n(n1)C(c1ccc(OCCC(C)C)cc1)C=C(C(=O)O)N2. The van der Waals surface area contributed by atoms with E-state index in [2.05, 4.69) is 29.2 Å². The number of benzene rings is 1.